The fourth-order valence-electron chi connectivity index (χ4n) is 2.05. The lowest BCUT2D eigenvalue weighted by atomic mass is 9.95. The Morgan fingerprint density at radius 2 is 2.21 bits per heavy atom. The van der Waals surface area contributed by atoms with Gasteiger partial charge in [-0.25, -0.2) is 0 Å². The van der Waals surface area contributed by atoms with Crippen molar-refractivity contribution in [2.24, 2.45) is 5.92 Å². The smallest absolute Gasteiger partial charge is 0.0477 e. The van der Waals surface area contributed by atoms with Crippen molar-refractivity contribution in [3.05, 3.63) is 34.3 Å². The van der Waals surface area contributed by atoms with Crippen LogP contribution < -0.4 is 5.32 Å². The van der Waals surface area contributed by atoms with Gasteiger partial charge in [0.2, 0.25) is 0 Å². The lowest BCUT2D eigenvalue weighted by Gasteiger charge is -2.19. The fraction of sp³-hybridized carbons (Fsp3) is 0.455. The quantitative estimate of drug-likeness (QED) is 0.849. The summed E-state index contributed by atoms with van der Waals surface area (Å²) in [5, 5.41) is 12.7. The zero-order chi connectivity index (χ0) is 9.97. The second-order valence-electron chi connectivity index (χ2n) is 3.68. The first-order valence-electron chi connectivity index (χ1n) is 4.91. The second-order valence-corrected chi connectivity index (χ2v) is 4.54. The average molecular weight is 256 g/mol. The van der Waals surface area contributed by atoms with Crippen LogP contribution in [0.5, 0.6) is 0 Å². The molecular weight excluding hydrogens is 242 g/mol. The van der Waals surface area contributed by atoms with Crippen molar-refractivity contribution in [2.45, 2.75) is 12.5 Å². The normalized spacial score (nSPS) is 26.7. The van der Waals surface area contributed by atoms with E-state index >= 15 is 0 Å². The van der Waals surface area contributed by atoms with Crippen LogP contribution in [0.3, 0.4) is 0 Å². The molecule has 0 spiro atoms. The molecule has 2 N–H and O–H groups in total. The number of hydrogen-bond acceptors (Lipinski definition) is 2. The zero-order valence-corrected chi connectivity index (χ0v) is 9.50. The Morgan fingerprint density at radius 1 is 1.43 bits per heavy atom. The number of rotatable bonds is 2. The first-order chi connectivity index (χ1) is 6.83. The maximum Gasteiger partial charge on any atom is 0.0477 e. The summed E-state index contributed by atoms with van der Waals surface area (Å²) in [5.41, 5.74) is 1.25. The molecular formula is C11H14BrNO. The molecule has 0 aliphatic carbocycles. The molecule has 1 saturated heterocycles. The van der Waals surface area contributed by atoms with E-state index in [9.17, 15) is 5.11 Å². The van der Waals surface area contributed by atoms with Crippen LogP contribution >= 0.6 is 15.9 Å². The maximum absolute atomic E-state index is 9.23. The SMILES string of the molecule is OC[C@@H]1CCN[C@@H]1c1ccccc1Br. The van der Waals surface area contributed by atoms with Gasteiger partial charge in [0.15, 0.2) is 0 Å². The van der Waals surface area contributed by atoms with Crippen molar-refractivity contribution in [3.8, 4) is 0 Å². The van der Waals surface area contributed by atoms with Crippen molar-refractivity contribution in [1.82, 2.24) is 5.32 Å². The molecule has 1 aromatic carbocycles. The Balaban J connectivity index is 2.26. The lowest BCUT2D eigenvalue weighted by Crippen LogP contribution is -2.20. The summed E-state index contributed by atoms with van der Waals surface area (Å²) in [4.78, 5) is 0. The van der Waals surface area contributed by atoms with Gasteiger partial charge >= 0.3 is 0 Å². The number of hydrogen-bond donors (Lipinski definition) is 2. The van der Waals surface area contributed by atoms with Crippen LogP contribution in [0.1, 0.15) is 18.0 Å². The molecule has 1 aliphatic heterocycles. The average Bonchev–Trinajstić information content (AvgIpc) is 2.66. The Kier molecular flexibility index (Phi) is 3.21. The van der Waals surface area contributed by atoms with Crippen LogP contribution in [0.15, 0.2) is 28.7 Å². The van der Waals surface area contributed by atoms with Gasteiger partial charge in [0.25, 0.3) is 0 Å². The first-order valence-corrected chi connectivity index (χ1v) is 5.71. The molecule has 0 aromatic heterocycles. The van der Waals surface area contributed by atoms with Crippen LogP contribution in [0.4, 0.5) is 0 Å². The van der Waals surface area contributed by atoms with Gasteiger partial charge in [-0.2, -0.15) is 0 Å². The highest BCUT2D eigenvalue weighted by molar-refractivity contribution is 9.10. The summed E-state index contributed by atoms with van der Waals surface area (Å²) in [7, 11) is 0. The third-order valence-corrected chi connectivity index (χ3v) is 3.55. The van der Waals surface area contributed by atoms with Gasteiger partial charge < -0.3 is 10.4 Å². The highest BCUT2D eigenvalue weighted by atomic mass is 79.9. The molecule has 0 radical (unpaired) electrons. The second kappa shape index (κ2) is 4.43. The Labute approximate surface area is 92.5 Å². The summed E-state index contributed by atoms with van der Waals surface area (Å²) < 4.78 is 1.12. The molecule has 1 fully saturated rings. The van der Waals surface area contributed by atoms with Crippen molar-refractivity contribution < 1.29 is 5.11 Å². The van der Waals surface area contributed by atoms with E-state index in [1.807, 2.05) is 18.2 Å². The summed E-state index contributed by atoms with van der Waals surface area (Å²) in [6.45, 7) is 1.26. The predicted molar refractivity (Wildman–Crippen MR) is 60.1 cm³/mol. The summed E-state index contributed by atoms with van der Waals surface area (Å²) >= 11 is 3.54. The number of aliphatic hydroxyl groups excluding tert-OH is 1. The Morgan fingerprint density at radius 3 is 2.93 bits per heavy atom. The van der Waals surface area contributed by atoms with E-state index in [0.29, 0.717) is 12.0 Å². The zero-order valence-electron chi connectivity index (χ0n) is 7.91. The van der Waals surface area contributed by atoms with Gasteiger partial charge in [-0.15, -0.1) is 0 Å². The van der Waals surface area contributed by atoms with E-state index in [0.717, 1.165) is 17.4 Å². The van der Waals surface area contributed by atoms with Crippen LogP contribution in [-0.2, 0) is 0 Å². The van der Waals surface area contributed by atoms with E-state index in [-0.39, 0.29) is 6.61 Å². The van der Waals surface area contributed by atoms with E-state index < -0.39 is 0 Å². The molecule has 0 unspecified atom stereocenters. The molecule has 3 heteroatoms. The molecule has 0 bridgehead atoms. The largest absolute Gasteiger partial charge is 0.396 e. The van der Waals surface area contributed by atoms with Gasteiger partial charge in [0.05, 0.1) is 0 Å². The molecule has 2 atom stereocenters. The lowest BCUT2D eigenvalue weighted by molar-refractivity contribution is 0.214. The molecule has 2 rings (SSSR count). The van der Waals surface area contributed by atoms with E-state index in [1.54, 1.807) is 0 Å². The minimum atomic E-state index is 0.263. The van der Waals surface area contributed by atoms with Gasteiger partial charge in [-0.3, -0.25) is 0 Å². The monoisotopic (exact) mass is 255 g/mol. The molecule has 2 nitrogen and oxygen atoms in total. The molecule has 14 heavy (non-hydrogen) atoms. The third-order valence-electron chi connectivity index (χ3n) is 2.83. The third kappa shape index (κ3) is 1.85. The summed E-state index contributed by atoms with van der Waals surface area (Å²) in [6, 6.07) is 8.50. The minimum absolute atomic E-state index is 0.263. The van der Waals surface area contributed by atoms with Crippen molar-refractivity contribution in [3.63, 3.8) is 0 Å². The van der Waals surface area contributed by atoms with E-state index in [1.165, 1.54) is 5.56 Å². The van der Waals surface area contributed by atoms with Gasteiger partial charge in [-0.05, 0) is 24.6 Å². The number of benzene rings is 1. The maximum atomic E-state index is 9.23. The molecule has 76 valence electrons. The van der Waals surface area contributed by atoms with Crippen LogP contribution in [0.25, 0.3) is 0 Å². The standard InChI is InChI=1S/C11H14BrNO/c12-10-4-2-1-3-9(10)11-8(7-14)5-6-13-11/h1-4,8,11,13-14H,5-7H2/t8-,11-/m0/s1. The summed E-state index contributed by atoms with van der Waals surface area (Å²) in [6.07, 6.45) is 1.06. The number of halogens is 1. The van der Waals surface area contributed by atoms with Crippen molar-refractivity contribution >= 4 is 15.9 Å². The number of nitrogens with one attached hydrogen (secondary N) is 1. The minimum Gasteiger partial charge on any atom is -0.396 e. The topological polar surface area (TPSA) is 32.3 Å². The van der Waals surface area contributed by atoms with Crippen molar-refractivity contribution in [2.75, 3.05) is 13.2 Å². The molecule has 0 amide bonds. The molecule has 1 heterocycles. The van der Waals surface area contributed by atoms with Crippen LogP contribution in [0, 0.1) is 5.92 Å². The van der Waals surface area contributed by atoms with E-state index in [4.69, 9.17) is 0 Å². The van der Waals surface area contributed by atoms with Crippen LogP contribution in [0.2, 0.25) is 0 Å². The molecule has 1 aliphatic rings. The van der Waals surface area contributed by atoms with Gasteiger partial charge in [0, 0.05) is 23.0 Å². The van der Waals surface area contributed by atoms with Gasteiger partial charge in [0.1, 0.15) is 0 Å². The van der Waals surface area contributed by atoms with Crippen LogP contribution in [-0.4, -0.2) is 18.3 Å². The van der Waals surface area contributed by atoms with E-state index in [2.05, 4.69) is 27.3 Å². The highest BCUT2D eigenvalue weighted by Gasteiger charge is 2.28. The molecule has 1 aromatic rings. The predicted octanol–water partition coefficient (Wildman–Crippen LogP) is 2.09. The fourth-order valence-corrected chi connectivity index (χ4v) is 2.58. The Bertz CT molecular complexity index is 316. The first kappa shape index (κ1) is 10.1. The highest BCUT2D eigenvalue weighted by Crippen LogP contribution is 2.33. The van der Waals surface area contributed by atoms with Crippen molar-refractivity contribution in [1.29, 1.82) is 0 Å². The Hall–Kier alpha value is -0.380. The van der Waals surface area contributed by atoms with Gasteiger partial charge in [-0.1, -0.05) is 34.1 Å². The summed E-state index contributed by atoms with van der Waals surface area (Å²) in [5.74, 6) is 0.355. The number of aliphatic hydroxyl groups is 1. The molecule has 0 saturated carbocycles.